The second-order valence-corrected chi connectivity index (χ2v) is 6.03. The lowest BCUT2D eigenvalue weighted by molar-refractivity contribution is -0.116. The Morgan fingerprint density at radius 3 is 2.16 bits per heavy atom. The number of anilines is 2. The lowest BCUT2D eigenvalue weighted by atomic mass is 10.0. The van der Waals surface area contributed by atoms with Crippen molar-refractivity contribution in [1.82, 2.24) is 0 Å². The summed E-state index contributed by atoms with van der Waals surface area (Å²) in [5.41, 5.74) is 4.01. The normalized spacial score (nSPS) is 10.2. The zero-order valence-corrected chi connectivity index (χ0v) is 14.7. The Bertz CT molecular complexity index is 812. The second kappa shape index (κ2) is 8.24. The van der Waals surface area contributed by atoms with Gasteiger partial charge in [-0.1, -0.05) is 18.2 Å². The highest BCUT2D eigenvalue weighted by Gasteiger charge is 2.10. The van der Waals surface area contributed by atoms with Crippen LogP contribution in [0.15, 0.2) is 42.5 Å². The van der Waals surface area contributed by atoms with E-state index < -0.39 is 0 Å². The summed E-state index contributed by atoms with van der Waals surface area (Å²) >= 11 is 0. The Labute approximate surface area is 147 Å². The average Bonchev–Trinajstić information content (AvgIpc) is 2.55. The van der Waals surface area contributed by atoms with Gasteiger partial charge in [0, 0.05) is 36.7 Å². The Hall–Kier alpha value is -2.95. The minimum atomic E-state index is -0.239. The van der Waals surface area contributed by atoms with Gasteiger partial charge in [-0.2, -0.15) is 0 Å². The first-order valence-electron chi connectivity index (χ1n) is 8.13. The van der Waals surface area contributed by atoms with Gasteiger partial charge in [0.25, 0.3) is 0 Å². The summed E-state index contributed by atoms with van der Waals surface area (Å²) in [7, 11) is 0. The van der Waals surface area contributed by atoms with Gasteiger partial charge in [0.05, 0.1) is 0 Å². The summed E-state index contributed by atoms with van der Waals surface area (Å²) < 4.78 is 0. The van der Waals surface area contributed by atoms with Crippen molar-refractivity contribution in [2.75, 3.05) is 10.6 Å². The van der Waals surface area contributed by atoms with Crippen LogP contribution in [0.4, 0.5) is 11.4 Å². The Morgan fingerprint density at radius 2 is 1.52 bits per heavy atom. The van der Waals surface area contributed by atoms with Crippen molar-refractivity contribution >= 4 is 29.0 Å². The molecule has 25 heavy (non-hydrogen) atoms. The Morgan fingerprint density at radius 1 is 0.840 bits per heavy atom. The summed E-state index contributed by atoms with van der Waals surface area (Å²) in [6.07, 6.45) is 0.260. The van der Waals surface area contributed by atoms with Gasteiger partial charge in [0.1, 0.15) is 0 Å². The van der Waals surface area contributed by atoms with Crippen molar-refractivity contribution in [2.45, 2.75) is 33.6 Å². The van der Waals surface area contributed by atoms with Crippen LogP contribution >= 0.6 is 0 Å². The van der Waals surface area contributed by atoms with Crippen molar-refractivity contribution in [1.29, 1.82) is 0 Å². The standard InChI is InChI=1S/C20H22N2O3/c1-13-7-8-16(11-14(13)2)19(24)9-10-20(25)22-18-6-4-5-17(12-18)21-15(3)23/h4-8,11-12H,9-10H2,1-3H3,(H,21,23)(H,22,25). The fourth-order valence-electron chi connectivity index (χ4n) is 2.39. The van der Waals surface area contributed by atoms with Gasteiger partial charge in [-0.15, -0.1) is 0 Å². The third kappa shape index (κ3) is 5.57. The van der Waals surface area contributed by atoms with E-state index in [1.54, 1.807) is 30.3 Å². The molecule has 0 spiro atoms. The van der Waals surface area contributed by atoms with Gasteiger partial charge in [-0.3, -0.25) is 14.4 Å². The number of nitrogens with one attached hydrogen (secondary N) is 2. The minimum absolute atomic E-state index is 0.0507. The predicted octanol–water partition coefficient (Wildman–Crippen LogP) is 3.86. The molecule has 2 aromatic carbocycles. The van der Waals surface area contributed by atoms with E-state index >= 15 is 0 Å². The molecule has 0 aliphatic heterocycles. The zero-order valence-electron chi connectivity index (χ0n) is 14.7. The van der Waals surface area contributed by atoms with Crippen molar-refractivity contribution in [3.63, 3.8) is 0 Å². The Balaban J connectivity index is 1.91. The molecular formula is C20H22N2O3. The van der Waals surface area contributed by atoms with Crippen LogP contribution < -0.4 is 10.6 Å². The van der Waals surface area contributed by atoms with Crippen LogP contribution in [0, 0.1) is 13.8 Å². The average molecular weight is 338 g/mol. The molecule has 0 aromatic heterocycles. The largest absolute Gasteiger partial charge is 0.326 e. The topological polar surface area (TPSA) is 75.3 Å². The summed E-state index contributed by atoms with van der Waals surface area (Å²) in [6.45, 7) is 5.37. The van der Waals surface area contributed by atoms with Gasteiger partial charge < -0.3 is 10.6 Å². The van der Waals surface area contributed by atoms with E-state index in [0.29, 0.717) is 16.9 Å². The number of hydrogen-bond acceptors (Lipinski definition) is 3. The highest BCUT2D eigenvalue weighted by atomic mass is 16.2. The van der Waals surface area contributed by atoms with E-state index in [4.69, 9.17) is 0 Å². The molecule has 2 amide bonds. The predicted molar refractivity (Wildman–Crippen MR) is 98.9 cm³/mol. The third-order valence-corrected chi connectivity index (χ3v) is 3.87. The number of hydrogen-bond donors (Lipinski definition) is 2. The molecule has 0 saturated heterocycles. The molecular weight excluding hydrogens is 316 g/mol. The van der Waals surface area contributed by atoms with E-state index in [9.17, 15) is 14.4 Å². The molecule has 2 aromatic rings. The van der Waals surface area contributed by atoms with Gasteiger partial charge in [-0.05, 0) is 49.2 Å². The third-order valence-electron chi connectivity index (χ3n) is 3.87. The van der Waals surface area contributed by atoms with Crippen molar-refractivity contribution in [3.05, 3.63) is 59.2 Å². The number of amides is 2. The SMILES string of the molecule is CC(=O)Nc1cccc(NC(=O)CCC(=O)c2ccc(C)c(C)c2)c1. The smallest absolute Gasteiger partial charge is 0.224 e. The summed E-state index contributed by atoms with van der Waals surface area (Å²) in [4.78, 5) is 35.3. The van der Waals surface area contributed by atoms with Crippen molar-refractivity contribution < 1.29 is 14.4 Å². The molecule has 0 radical (unpaired) electrons. The molecule has 130 valence electrons. The molecule has 5 nitrogen and oxygen atoms in total. The van der Waals surface area contributed by atoms with Gasteiger partial charge >= 0.3 is 0 Å². The molecule has 0 saturated carbocycles. The second-order valence-electron chi connectivity index (χ2n) is 6.03. The molecule has 0 aliphatic carbocycles. The summed E-state index contributed by atoms with van der Waals surface area (Å²) in [5, 5.41) is 5.40. The van der Waals surface area contributed by atoms with Crippen LogP contribution in [0.3, 0.4) is 0 Å². The van der Waals surface area contributed by atoms with E-state index in [1.165, 1.54) is 6.92 Å². The fraction of sp³-hybridized carbons (Fsp3) is 0.250. The highest BCUT2D eigenvalue weighted by Crippen LogP contribution is 2.16. The first-order chi connectivity index (χ1) is 11.8. The van der Waals surface area contributed by atoms with E-state index in [-0.39, 0.29) is 30.4 Å². The van der Waals surface area contributed by atoms with E-state index in [0.717, 1.165) is 11.1 Å². The van der Waals surface area contributed by atoms with E-state index in [2.05, 4.69) is 10.6 Å². The molecule has 0 aliphatic rings. The maximum atomic E-state index is 12.2. The van der Waals surface area contributed by atoms with E-state index in [1.807, 2.05) is 26.0 Å². The van der Waals surface area contributed by atoms with Crippen LogP contribution in [0.5, 0.6) is 0 Å². The number of carbonyl (C=O) groups excluding carboxylic acids is 3. The molecule has 0 bridgehead atoms. The summed E-state index contributed by atoms with van der Waals surface area (Å²) in [5.74, 6) is -0.468. The van der Waals surface area contributed by atoms with Crippen LogP contribution in [-0.4, -0.2) is 17.6 Å². The number of benzene rings is 2. The van der Waals surface area contributed by atoms with Gasteiger partial charge in [0.15, 0.2) is 5.78 Å². The highest BCUT2D eigenvalue weighted by molar-refractivity contribution is 6.00. The van der Waals surface area contributed by atoms with Crippen LogP contribution in [0.1, 0.15) is 41.3 Å². The fourth-order valence-corrected chi connectivity index (χ4v) is 2.39. The molecule has 0 atom stereocenters. The lowest BCUT2D eigenvalue weighted by Gasteiger charge is -2.08. The molecule has 0 fully saturated rings. The lowest BCUT2D eigenvalue weighted by Crippen LogP contribution is -2.14. The zero-order chi connectivity index (χ0) is 18.4. The van der Waals surface area contributed by atoms with Crippen LogP contribution in [0.2, 0.25) is 0 Å². The van der Waals surface area contributed by atoms with Crippen LogP contribution in [0.25, 0.3) is 0 Å². The maximum Gasteiger partial charge on any atom is 0.224 e. The quantitative estimate of drug-likeness (QED) is 0.785. The van der Waals surface area contributed by atoms with Gasteiger partial charge in [-0.25, -0.2) is 0 Å². The number of carbonyl (C=O) groups is 3. The molecule has 5 heteroatoms. The van der Waals surface area contributed by atoms with Crippen molar-refractivity contribution in [2.24, 2.45) is 0 Å². The minimum Gasteiger partial charge on any atom is -0.326 e. The number of ketones is 1. The summed E-state index contributed by atoms with van der Waals surface area (Å²) in [6, 6.07) is 12.4. The molecule has 2 rings (SSSR count). The first kappa shape index (κ1) is 18.4. The number of rotatable bonds is 6. The maximum absolute atomic E-state index is 12.2. The number of Topliss-reactive ketones (excluding diaryl/α,β-unsaturated/α-hetero) is 1. The van der Waals surface area contributed by atoms with Crippen molar-refractivity contribution in [3.8, 4) is 0 Å². The number of aryl methyl sites for hydroxylation is 2. The van der Waals surface area contributed by atoms with Gasteiger partial charge in [0.2, 0.25) is 11.8 Å². The monoisotopic (exact) mass is 338 g/mol. The molecule has 0 heterocycles. The Kier molecular flexibility index (Phi) is 6.06. The molecule has 0 unspecified atom stereocenters. The van der Waals surface area contributed by atoms with Crippen LogP contribution in [-0.2, 0) is 9.59 Å². The molecule has 2 N–H and O–H groups in total. The first-order valence-corrected chi connectivity index (χ1v) is 8.13.